The van der Waals surface area contributed by atoms with E-state index < -0.39 is 0 Å². The topological polar surface area (TPSA) is 60.2 Å². The predicted octanol–water partition coefficient (Wildman–Crippen LogP) is 2.69. The number of aromatic nitrogens is 2. The van der Waals surface area contributed by atoms with Crippen LogP contribution >= 0.6 is 15.9 Å². The molecule has 0 amide bonds. The van der Waals surface area contributed by atoms with Crippen LogP contribution in [0.15, 0.2) is 27.2 Å². The number of hydrogen-bond donors (Lipinski definition) is 1. The van der Waals surface area contributed by atoms with Gasteiger partial charge < -0.3 is 14.6 Å². The average Bonchev–Trinajstić information content (AvgIpc) is 3.09. The Morgan fingerprint density at radius 1 is 1.50 bits per heavy atom. The summed E-state index contributed by atoms with van der Waals surface area (Å²) in [6.45, 7) is 0.753. The highest BCUT2D eigenvalue weighted by molar-refractivity contribution is 9.10. The lowest BCUT2D eigenvalue weighted by molar-refractivity contribution is 0.116. The normalized spacial score (nSPS) is 22.4. The fourth-order valence-electron chi connectivity index (χ4n) is 2.23. The van der Waals surface area contributed by atoms with Gasteiger partial charge in [0.1, 0.15) is 5.82 Å². The largest absolute Gasteiger partial charge is 0.380 e. The van der Waals surface area contributed by atoms with E-state index >= 15 is 0 Å². The van der Waals surface area contributed by atoms with Crippen LogP contribution in [0.1, 0.15) is 18.4 Å². The van der Waals surface area contributed by atoms with Gasteiger partial charge in [0, 0.05) is 23.7 Å². The highest BCUT2D eigenvalue weighted by atomic mass is 79.9. The van der Waals surface area contributed by atoms with Crippen molar-refractivity contribution in [2.75, 3.05) is 13.7 Å². The lowest BCUT2D eigenvalue weighted by atomic mass is 10.2. The number of halogens is 2. The van der Waals surface area contributed by atoms with Gasteiger partial charge in [-0.05, 0) is 24.6 Å². The van der Waals surface area contributed by atoms with Crippen molar-refractivity contribution in [2.45, 2.75) is 18.6 Å². The summed E-state index contributed by atoms with van der Waals surface area (Å²) < 4.78 is 24.6. The molecule has 1 aliphatic rings. The van der Waals surface area contributed by atoms with E-state index in [9.17, 15) is 4.39 Å². The van der Waals surface area contributed by atoms with Crippen LogP contribution in [0.3, 0.4) is 0 Å². The molecule has 0 radical (unpaired) electrons. The van der Waals surface area contributed by atoms with Crippen LogP contribution in [-0.2, 0) is 4.74 Å². The minimum Gasteiger partial charge on any atom is -0.380 e. The van der Waals surface area contributed by atoms with Gasteiger partial charge >= 0.3 is 0 Å². The van der Waals surface area contributed by atoms with E-state index in [0.29, 0.717) is 17.3 Å². The van der Waals surface area contributed by atoms with Crippen molar-refractivity contribution in [2.24, 2.45) is 0 Å². The first-order chi connectivity index (χ1) is 9.67. The molecule has 2 heterocycles. The Balaban J connectivity index is 1.85. The van der Waals surface area contributed by atoms with Gasteiger partial charge in [-0.1, -0.05) is 21.1 Å². The zero-order valence-electron chi connectivity index (χ0n) is 10.8. The maximum Gasteiger partial charge on any atom is 0.244 e. The second kappa shape index (κ2) is 5.59. The van der Waals surface area contributed by atoms with E-state index in [-0.39, 0.29) is 18.0 Å². The highest BCUT2D eigenvalue weighted by Gasteiger charge is 2.29. The molecule has 5 nitrogen and oxygen atoms in total. The van der Waals surface area contributed by atoms with Gasteiger partial charge in [0.2, 0.25) is 11.7 Å². The Bertz CT molecular complexity index is 619. The molecule has 1 aromatic carbocycles. The summed E-state index contributed by atoms with van der Waals surface area (Å²) in [6.07, 6.45) is 0.930. The van der Waals surface area contributed by atoms with Crippen molar-refractivity contribution in [3.8, 4) is 11.4 Å². The van der Waals surface area contributed by atoms with Crippen LogP contribution in [0.5, 0.6) is 0 Å². The molecule has 106 valence electrons. The molecule has 0 bridgehead atoms. The number of ether oxygens (including phenoxy) is 1. The van der Waals surface area contributed by atoms with E-state index in [1.807, 2.05) is 0 Å². The third kappa shape index (κ3) is 2.61. The van der Waals surface area contributed by atoms with Crippen molar-refractivity contribution in [3.63, 3.8) is 0 Å². The van der Waals surface area contributed by atoms with Crippen molar-refractivity contribution in [1.29, 1.82) is 0 Å². The maximum atomic E-state index is 13.3. The molecule has 0 aliphatic carbocycles. The molecule has 1 aromatic heterocycles. The van der Waals surface area contributed by atoms with E-state index in [0.717, 1.165) is 17.4 Å². The van der Waals surface area contributed by atoms with Crippen molar-refractivity contribution in [3.05, 3.63) is 34.4 Å². The first-order valence-corrected chi connectivity index (χ1v) is 7.02. The third-order valence-electron chi connectivity index (χ3n) is 3.33. The molecule has 0 spiro atoms. The molecular formula is C13H13BrFN3O2. The Hall–Kier alpha value is -1.31. The van der Waals surface area contributed by atoms with Crippen molar-refractivity contribution >= 4 is 15.9 Å². The SMILES string of the molecule is COC1CNC(c2nc(-c3cc(F)ccc3Br)no2)C1. The first kappa shape index (κ1) is 13.7. The van der Waals surface area contributed by atoms with Crippen LogP contribution in [0.2, 0.25) is 0 Å². The number of methoxy groups -OCH3 is 1. The Labute approximate surface area is 123 Å². The zero-order valence-corrected chi connectivity index (χ0v) is 12.4. The Morgan fingerprint density at radius 3 is 3.10 bits per heavy atom. The van der Waals surface area contributed by atoms with Crippen LogP contribution in [0.25, 0.3) is 11.4 Å². The summed E-state index contributed by atoms with van der Waals surface area (Å²) in [7, 11) is 1.68. The Kier molecular flexibility index (Phi) is 3.82. The van der Waals surface area contributed by atoms with Crippen LogP contribution in [0.4, 0.5) is 4.39 Å². The summed E-state index contributed by atoms with van der Waals surface area (Å²) in [6, 6.07) is 4.35. The molecule has 1 saturated heterocycles. The van der Waals surface area contributed by atoms with E-state index in [2.05, 4.69) is 31.4 Å². The third-order valence-corrected chi connectivity index (χ3v) is 4.02. The molecule has 1 N–H and O–H groups in total. The number of nitrogens with one attached hydrogen (secondary N) is 1. The minimum atomic E-state index is -0.340. The molecule has 0 saturated carbocycles. The number of benzene rings is 1. The van der Waals surface area contributed by atoms with Crippen LogP contribution in [-0.4, -0.2) is 29.9 Å². The molecule has 2 atom stereocenters. The quantitative estimate of drug-likeness (QED) is 0.929. The summed E-state index contributed by atoms with van der Waals surface area (Å²) in [5.41, 5.74) is 0.571. The zero-order chi connectivity index (χ0) is 14.1. The monoisotopic (exact) mass is 341 g/mol. The van der Waals surface area contributed by atoms with Gasteiger partial charge in [0.15, 0.2) is 0 Å². The number of hydrogen-bond acceptors (Lipinski definition) is 5. The van der Waals surface area contributed by atoms with Crippen molar-refractivity contribution < 1.29 is 13.7 Å². The molecule has 2 aromatic rings. The van der Waals surface area contributed by atoms with Gasteiger partial charge in [-0.3, -0.25) is 0 Å². The van der Waals surface area contributed by atoms with E-state index in [4.69, 9.17) is 9.26 Å². The molecular weight excluding hydrogens is 329 g/mol. The number of nitrogens with zero attached hydrogens (tertiary/aromatic N) is 2. The van der Waals surface area contributed by atoms with Gasteiger partial charge in [0.05, 0.1) is 12.1 Å². The summed E-state index contributed by atoms with van der Waals surface area (Å²) in [5, 5.41) is 7.18. The first-order valence-electron chi connectivity index (χ1n) is 6.22. The predicted molar refractivity (Wildman–Crippen MR) is 73.5 cm³/mol. The van der Waals surface area contributed by atoms with Gasteiger partial charge in [0.25, 0.3) is 0 Å². The minimum absolute atomic E-state index is 0.0199. The fraction of sp³-hybridized carbons (Fsp3) is 0.385. The van der Waals surface area contributed by atoms with Crippen LogP contribution in [0, 0.1) is 5.82 Å². The van der Waals surface area contributed by atoms with Gasteiger partial charge in [-0.25, -0.2) is 4.39 Å². The second-order valence-corrected chi connectivity index (χ2v) is 5.49. The van der Waals surface area contributed by atoms with Crippen LogP contribution < -0.4 is 5.32 Å². The smallest absolute Gasteiger partial charge is 0.244 e. The molecule has 1 aliphatic heterocycles. The summed E-state index contributed by atoms with van der Waals surface area (Å²) in [5.74, 6) is 0.526. The standard InChI is InChI=1S/C13H13BrFN3O2/c1-19-8-5-11(16-6-8)13-17-12(18-20-13)9-4-7(15)2-3-10(9)14/h2-4,8,11,16H,5-6H2,1H3. The lowest BCUT2D eigenvalue weighted by Crippen LogP contribution is -2.16. The average molecular weight is 342 g/mol. The lowest BCUT2D eigenvalue weighted by Gasteiger charge is -2.04. The van der Waals surface area contributed by atoms with E-state index in [1.54, 1.807) is 13.2 Å². The van der Waals surface area contributed by atoms with E-state index in [1.165, 1.54) is 12.1 Å². The second-order valence-electron chi connectivity index (χ2n) is 4.63. The maximum absolute atomic E-state index is 13.3. The molecule has 7 heteroatoms. The fourth-order valence-corrected chi connectivity index (χ4v) is 2.65. The molecule has 2 unspecified atom stereocenters. The molecule has 20 heavy (non-hydrogen) atoms. The number of rotatable bonds is 3. The highest BCUT2D eigenvalue weighted by Crippen LogP contribution is 2.29. The molecule has 1 fully saturated rings. The molecule has 3 rings (SSSR count). The van der Waals surface area contributed by atoms with Gasteiger partial charge in [-0.2, -0.15) is 4.98 Å². The summed E-state index contributed by atoms with van der Waals surface area (Å²) >= 11 is 3.36. The van der Waals surface area contributed by atoms with Crippen molar-refractivity contribution in [1.82, 2.24) is 15.5 Å². The van der Waals surface area contributed by atoms with Gasteiger partial charge in [-0.15, -0.1) is 0 Å². The summed E-state index contributed by atoms with van der Waals surface area (Å²) in [4.78, 5) is 4.34. The Morgan fingerprint density at radius 2 is 2.35 bits per heavy atom.